The van der Waals surface area contributed by atoms with Gasteiger partial charge in [-0.25, -0.2) is 4.79 Å². The summed E-state index contributed by atoms with van der Waals surface area (Å²) in [5, 5.41) is 9.00. The molecule has 0 bridgehead atoms. The molecule has 0 atom stereocenters. The number of ether oxygens (including phenoxy) is 1. The molecule has 2 aromatic rings. The monoisotopic (exact) mass is 271 g/mol. The number of fused-ring (bicyclic) bond motifs is 3. The average molecular weight is 271 g/mol. The van der Waals surface area contributed by atoms with Gasteiger partial charge in [0.25, 0.3) is 0 Å². The van der Waals surface area contributed by atoms with E-state index in [4.69, 9.17) is 9.84 Å². The molecule has 0 radical (unpaired) electrons. The molecule has 0 aliphatic carbocycles. The van der Waals surface area contributed by atoms with E-state index in [2.05, 4.69) is 0 Å². The first-order valence-electron chi connectivity index (χ1n) is 6.25. The second kappa shape index (κ2) is 4.52. The lowest BCUT2D eigenvalue weighted by Gasteiger charge is -2.23. The summed E-state index contributed by atoms with van der Waals surface area (Å²) < 4.78 is 7.02. The van der Waals surface area contributed by atoms with E-state index in [1.165, 1.54) is 12.3 Å². The van der Waals surface area contributed by atoms with Crippen molar-refractivity contribution in [1.82, 2.24) is 4.57 Å². The lowest BCUT2D eigenvalue weighted by atomic mass is 9.96. The Kier molecular flexibility index (Phi) is 2.82. The lowest BCUT2D eigenvalue weighted by Crippen LogP contribution is -2.21. The third-order valence-corrected chi connectivity index (χ3v) is 3.57. The molecule has 0 saturated carbocycles. The molecular formula is C15H13NO4. The molecular weight excluding hydrogens is 258 g/mol. The molecule has 102 valence electrons. The van der Waals surface area contributed by atoms with Crippen molar-refractivity contribution in [3.05, 3.63) is 51.8 Å². The smallest absolute Gasteiger partial charge is 0.341 e. The third kappa shape index (κ3) is 1.87. The second-order valence-corrected chi connectivity index (χ2v) is 4.71. The topological polar surface area (TPSA) is 68.5 Å². The van der Waals surface area contributed by atoms with Crippen LogP contribution in [0.3, 0.4) is 0 Å². The molecule has 0 amide bonds. The molecule has 0 saturated heterocycles. The van der Waals surface area contributed by atoms with Gasteiger partial charge in [-0.05, 0) is 30.2 Å². The molecule has 0 unspecified atom stereocenters. The van der Waals surface area contributed by atoms with E-state index in [9.17, 15) is 9.59 Å². The van der Waals surface area contributed by atoms with Crippen LogP contribution in [0.1, 0.15) is 15.9 Å². The van der Waals surface area contributed by atoms with Crippen molar-refractivity contribution in [2.45, 2.75) is 13.0 Å². The molecule has 5 nitrogen and oxygen atoms in total. The number of carboxylic acid groups (broad SMARTS) is 1. The van der Waals surface area contributed by atoms with Crippen LogP contribution in [-0.4, -0.2) is 22.8 Å². The summed E-state index contributed by atoms with van der Waals surface area (Å²) in [6.07, 6.45) is 2.20. The van der Waals surface area contributed by atoms with Gasteiger partial charge in [-0.3, -0.25) is 4.79 Å². The summed E-state index contributed by atoms with van der Waals surface area (Å²) in [5.41, 5.74) is 2.15. The Bertz CT molecular complexity index is 761. The van der Waals surface area contributed by atoms with E-state index in [0.717, 1.165) is 29.0 Å². The van der Waals surface area contributed by atoms with E-state index < -0.39 is 11.4 Å². The number of aromatic nitrogens is 1. The Morgan fingerprint density at radius 1 is 1.35 bits per heavy atom. The zero-order chi connectivity index (χ0) is 14.3. The summed E-state index contributed by atoms with van der Waals surface area (Å²) in [7, 11) is 1.61. The number of carbonyl (C=O) groups is 1. The summed E-state index contributed by atoms with van der Waals surface area (Å²) >= 11 is 0. The number of aryl methyl sites for hydroxylation is 2. The highest BCUT2D eigenvalue weighted by molar-refractivity contribution is 5.87. The molecule has 0 spiro atoms. The van der Waals surface area contributed by atoms with E-state index in [-0.39, 0.29) is 5.56 Å². The van der Waals surface area contributed by atoms with Crippen molar-refractivity contribution in [1.29, 1.82) is 0 Å². The highest BCUT2D eigenvalue weighted by atomic mass is 16.5. The number of pyridine rings is 1. The zero-order valence-corrected chi connectivity index (χ0v) is 10.9. The standard InChI is InChI=1S/C15H13NO4/c1-20-10-2-3-11-9(6-10)4-5-16-8-12(15(18)19)14(17)7-13(11)16/h2-3,6-8H,4-5H2,1H3,(H,18,19). The van der Waals surface area contributed by atoms with Crippen LogP contribution in [0.5, 0.6) is 5.75 Å². The van der Waals surface area contributed by atoms with Gasteiger partial charge in [0, 0.05) is 24.4 Å². The van der Waals surface area contributed by atoms with Crippen LogP contribution >= 0.6 is 0 Å². The lowest BCUT2D eigenvalue weighted by molar-refractivity contribution is 0.0694. The summed E-state index contributed by atoms with van der Waals surface area (Å²) in [5.74, 6) is -0.410. The number of hydrogen-bond acceptors (Lipinski definition) is 3. The van der Waals surface area contributed by atoms with Crippen LogP contribution in [0.15, 0.2) is 35.3 Å². The predicted octanol–water partition coefficient (Wildman–Crippen LogP) is 1.78. The molecule has 5 heteroatoms. The maximum atomic E-state index is 11.8. The third-order valence-electron chi connectivity index (χ3n) is 3.57. The van der Waals surface area contributed by atoms with Crippen LogP contribution < -0.4 is 10.2 Å². The van der Waals surface area contributed by atoms with Crippen molar-refractivity contribution < 1.29 is 14.6 Å². The summed E-state index contributed by atoms with van der Waals surface area (Å²) in [6.45, 7) is 0.649. The fraction of sp³-hybridized carbons (Fsp3) is 0.200. The molecule has 1 aromatic heterocycles. The van der Waals surface area contributed by atoms with Gasteiger partial charge in [0.1, 0.15) is 11.3 Å². The van der Waals surface area contributed by atoms with Gasteiger partial charge in [-0.2, -0.15) is 0 Å². The highest BCUT2D eigenvalue weighted by Gasteiger charge is 2.19. The molecule has 20 heavy (non-hydrogen) atoms. The zero-order valence-electron chi connectivity index (χ0n) is 10.9. The highest BCUT2D eigenvalue weighted by Crippen LogP contribution is 2.31. The van der Waals surface area contributed by atoms with Crippen molar-refractivity contribution in [2.24, 2.45) is 0 Å². The number of rotatable bonds is 2. The van der Waals surface area contributed by atoms with E-state index >= 15 is 0 Å². The van der Waals surface area contributed by atoms with Gasteiger partial charge in [-0.15, -0.1) is 0 Å². The van der Waals surface area contributed by atoms with Gasteiger partial charge in [0.15, 0.2) is 5.43 Å². The maximum absolute atomic E-state index is 11.8. The van der Waals surface area contributed by atoms with Gasteiger partial charge in [-0.1, -0.05) is 0 Å². The van der Waals surface area contributed by atoms with Crippen LogP contribution in [0.4, 0.5) is 0 Å². The average Bonchev–Trinajstić information content (AvgIpc) is 2.45. The Balaban J connectivity index is 2.20. The first-order chi connectivity index (χ1) is 9.60. The van der Waals surface area contributed by atoms with Gasteiger partial charge in [0.05, 0.1) is 12.8 Å². The minimum absolute atomic E-state index is 0.189. The minimum Gasteiger partial charge on any atom is -0.497 e. The van der Waals surface area contributed by atoms with Crippen molar-refractivity contribution in [2.75, 3.05) is 7.11 Å². The van der Waals surface area contributed by atoms with Crippen molar-refractivity contribution in [3.8, 4) is 17.0 Å². The normalized spacial score (nSPS) is 12.4. The minimum atomic E-state index is -1.19. The summed E-state index contributed by atoms with van der Waals surface area (Å²) in [4.78, 5) is 22.9. The Morgan fingerprint density at radius 3 is 2.85 bits per heavy atom. The van der Waals surface area contributed by atoms with E-state index in [0.29, 0.717) is 6.54 Å². The number of aromatic carboxylic acids is 1. The van der Waals surface area contributed by atoms with Crippen LogP contribution in [0, 0.1) is 0 Å². The largest absolute Gasteiger partial charge is 0.497 e. The fourth-order valence-electron chi connectivity index (χ4n) is 2.55. The van der Waals surface area contributed by atoms with Crippen LogP contribution in [0.2, 0.25) is 0 Å². The number of methoxy groups -OCH3 is 1. The van der Waals surface area contributed by atoms with Gasteiger partial charge >= 0.3 is 5.97 Å². The quantitative estimate of drug-likeness (QED) is 0.904. The number of carboxylic acids is 1. The maximum Gasteiger partial charge on any atom is 0.341 e. The second-order valence-electron chi connectivity index (χ2n) is 4.71. The molecule has 1 aromatic carbocycles. The molecule has 1 aliphatic heterocycles. The van der Waals surface area contributed by atoms with Crippen LogP contribution in [0.25, 0.3) is 11.3 Å². The van der Waals surface area contributed by atoms with Crippen molar-refractivity contribution in [3.63, 3.8) is 0 Å². The molecule has 1 N–H and O–H groups in total. The molecule has 1 aliphatic rings. The van der Waals surface area contributed by atoms with Crippen molar-refractivity contribution >= 4 is 5.97 Å². The van der Waals surface area contributed by atoms with Crippen LogP contribution in [-0.2, 0) is 13.0 Å². The summed E-state index contributed by atoms with van der Waals surface area (Å²) in [6, 6.07) is 7.09. The Morgan fingerprint density at radius 2 is 2.15 bits per heavy atom. The van der Waals surface area contributed by atoms with Gasteiger partial charge < -0.3 is 14.4 Å². The number of nitrogens with zero attached hydrogens (tertiary/aromatic N) is 1. The molecule has 0 fully saturated rings. The van der Waals surface area contributed by atoms with E-state index in [1.807, 2.05) is 22.8 Å². The Labute approximate surface area is 115 Å². The molecule has 2 heterocycles. The number of hydrogen-bond donors (Lipinski definition) is 1. The number of benzene rings is 1. The predicted molar refractivity (Wildman–Crippen MR) is 73.4 cm³/mol. The first-order valence-corrected chi connectivity index (χ1v) is 6.25. The first kappa shape index (κ1) is 12.5. The molecule has 3 rings (SSSR count). The Hall–Kier alpha value is -2.56. The fourth-order valence-corrected chi connectivity index (χ4v) is 2.55. The van der Waals surface area contributed by atoms with E-state index in [1.54, 1.807) is 7.11 Å². The SMILES string of the molecule is COc1ccc2c(c1)CCn1cc(C(=O)O)c(=O)cc1-2. The van der Waals surface area contributed by atoms with Gasteiger partial charge in [0.2, 0.25) is 0 Å².